The number of carbonyl (C=O) groups excluding carboxylic acids is 1. The van der Waals surface area contributed by atoms with Gasteiger partial charge < -0.3 is 15.2 Å². The largest absolute Gasteiger partial charge is 0.489 e. The van der Waals surface area contributed by atoms with Gasteiger partial charge in [0.15, 0.2) is 22.4 Å². The lowest BCUT2D eigenvalue weighted by Gasteiger charge is -2.08. The highest BCUT2D eigenvalue weighted by Crippen LogP contribution is 2.26. The van der Waals surface area contributed by atoms with Crippen molar-refractivity contribution in [1.82, 2.24) is 9.36 Å². The molecule has 1 amide bonds. The van der Waals surface area contributed by atoms with Gasteiger partial charge in [-0.2, -0.15) is 4.37 Å². The maximum atomic E-state index is 14.3. The molecular weight excluding hydrogens is 436 g/mol. The van der Waals surface area contributed by atoms with Crippen molar-refractivity contribution >= 4 is 17.4 Å². The van der Waals surface area contributed by atoms with Crippen LogP contribution < -0.4 is 15.2 Å². The first-order valence-electron chi connectivity index (χ1n) is 9.51. The molecule has 4 rings (SSSR count). The van der Waals surface area contributed by atoms with Crippen molar-refractivity contribution in [2.24, 2.45) is 5.73 Å². The van der Waals surface area contributed by atoms with Crippen molar-refractivity contribution in [3.8, 4) is 22.9 Å². The maximum absolute atomic E-state index is 14.3. The zero-order valence-electron chi connectivity index (χ0n) is 16.6. The SMILES string of the molecule is NC(=O)c1c(F)ccc(OCc2nc(-c3ccc(OCc4ccccc4)cc3)ns2)c1F. The van der Waals surface area contributed by atoms with Gasteiger partial charge in [-0.1, -0.05) is 30.3 Å². The van der Waals surface area contributed by atoms with Crippen molar-refractivity contribution in [3.05, 3.63) is 94.5 Å². The highest BCUT2D eigenvalue weighted by molar-refractivity contribution is 7.05. The maximum Gasteiger partial charge on any atom is 0.254 e. The normalized spacial score (nSPS) is 10.7. The topological polar surface area (TPSA) is 87.3 Å². The van der Waals surface area contributed by atoms with Gasteiger partial charge in [0.25, 0.3) is 5.91 Å². The molecule has 1 aromatic heterocycles. The molecule has 0 radical (unpaired) electrons. The Hall–Kier alpha value is -3.85. The van der Waals surface area contributed by atoms with E-state index in [0.717, 1.165) is 34.8 Å². The van der Waals surface area contributed by atoms with Crippen LogP contribution in [-0.4, -0.2) is 15.3 Å². The molecule has 0 unspecified atom stereocenters. The van der Waals surface area contributed by atoms with Crippen LogP contribution in [0.4, 0.5) is 8.78 Å². The van der Waals surface area contributed by atoms with Gasteiger partial charge in [0.1, 0.15) is 30.3 Å². The average molecular weight is 453 g/mol. The fraction of sp³-hybridized carbons (Fsp3) is 0.0870. The molecular formula is C23H17F2N3O3S. The van der Waals surface area contributed by atoms with Crippen molar-refractivity contribution in [2.45, 2.75) is 13.2 Å². The fourth-order valence-corrected chi connectivity index (χ4v) is 3.46. The number of amides is 1. The first kappa shape index (κ1) is 21.4. The number of nitrogens with two attached hydrogens (primary N) is 1. The molecule has 162 valence electrons. The number of hydrogen-bond acceptors (Lipinski definition) is 6. The minimum Gasteiger partial charge on any atom is -0.489 e. The lowest BCUT2D eigenvalue weighted by Crippen LogP contribution is -2.16. The van der Waals surface area contributed by atoms with E-state index in [9.17, 15) is 13.6 Å². The highest BCUT2D eigenvalue weighted by Gasteiger charge is 2.19. The molecule has 0 saturated heterocycles. The fourth-order valence-electron chi connectivity index (χ4n) is 2.88. The average Bonchev–Trinajstić information content (AvgIpc) is 3.27. The summed E-state index contributed by atoms with van der Waals surface area (Å²) in [5, 5.41) is 0.480. The second-order valence-electron chi connectivity index (χ2n) is 6.70. The Labute approximate surface area is 186 Å². The molecule has 9 heteroatoms. The summed E-state index contributed by atoms with van der Waals surface area (Å²) in [5.41, 5.74) is 6.03. The van der Waals surface area contributed by atoms with Crippen molar-refractivity contribution in [2.75, 3.05) is 0 Å². The van der Waals surface area contributed by atoms with Crippen LogP contribution in [0.2, 0.25) is 0 Å². The molecule has 0 atom stereocenters. The van der Waals surface area contributed by atoms with E-state index in [2.05, 4.69) is 9.36 Å². The minimum absolute atomic E-state index is 0.101. The molecule has 3 aromatic carbocycles. The second-order valence-corrected chi connectivity index (χ2v) is 7.53. The molecule has 0 saturated carbocycles. The van der Waals surface area contributed by atoms with Crippen LogP contribution in [0.5, 0.6) is 11.5 Å². The Kier molecular flexibility index (Phi) is 6.37. The first-order chi connectivity index (χ1) is 15.5. The lowest BCUT2D eigenvalue weighted by molar-refractivity contribution is 0.0991. The van der Waals surface area contributed by atoms with Crippen molar-refractivity contribution in [1.29, 1.82) is 0 Å². The van der Waals surface area contributed by atoms with Gasteiger partial charge in [0, 0.05) is 5.56 Å². The summed E-state index contributed by atoms with van der Waals surface area (Å²) in [6.45, 7) is 0.366. The number of rotatable bonds is 8. The van der Waals surface area contributed by atoms with E-state index in [0.29, 0.717) is 23.2 Å². The van der Waals surface area contributed by atoms with Crippen LogP contribution >= 0.6 is 11.5 Å². The Bertz CT molecular complexity index is 1230. The molecule has 0 bridgehead atoms. The van der Waals surface area contributed by atoms with E-state index in [1.807, 2.05) is 54.6 Å². The van der Waals surface area contributed by atoms with Crippen LogP contribution in [0.1, 0.15) is 20.9 Å². The zero-order chi connectivity index (χ0) is 22.5. The zero-order valence-corrected chi connectivity index (χ0v) is 17.4. The number of aromatic nitrogens is 2. The monoisotopic (exact) mass is 453 g/mol. The summed E-state index contributed by atoms with van der Waals surface area (Å²) in [5.74, 6) is -2.49. The summed E-state index contributed by atoms with van der Waals surface area (Å²) in [4.78, 5) is 15.6. The van der Waals surface area contributed by atoms with Gasteiger partial charge in [0.05, 0.1) is 0 Å². The molecule has 0 aliphatic heterocycles. The minimum atomic E-state index is -1.21. The lowest BCUT2D eigenvalue weighted by atomic mass is 10.1. The van der Waals surface area contributed by atoms with E-state index < -0.39 is 23.1 Å². The summed E-state index contributed by atoms with van der Waals surface area (Å²) >= 11 is 1.09. The quantitative estimate of drug-likeness (QED) is 0.416. The number of carbonyl (C=O) groups is 1. The highest BCUT2D eigenvalue weighted by atomic mass is 32.1. The Balaban J connectivity index is 1.39. The van der Waals surface area contributed by atoms with Gasteiger partial charge in [-0.3, -0.25) is 4.79 Å². The third-order valence-electron chi connectivity index (χ3n) is 4.48. The van der Waals surface area contributed by atoms with E-state index in [1.54, 1.807) is 0 Å². The van der Waals surface area contributed by atoms with Crippen LogP contribution in [0.25, 0.3) is 11.4 Å². The van der Waals surface area contributed by atoms with Crippen molar-refractivity contribution in [3.63, 3.8) is 0 Å². The second kappa shape index (κ2) is 9.52. The number of nitrogens with zero attached hydrogens (tertiary/aromatic N) is 2. The molecule has 4 aromatic rings. The summed E-state index contributed by atoms with van der Waals surface area (Å²) in [6.07, 6.45) is 0. The summed E-state index contributed by atoms with van der Waals surface area (Å²) < 4.78 is 43.2. The Morgan fingerprint density at radius 2 is 1.69 bits per heavy atom. The number of halogens is 2. The molecule has 1 heterocycles. The van der Waals surface area contributed by atoms with Gasteiger partial charge in [-0.05, 0) is 53.5 Å². The molecule has 0 aliphatic carbocycles. The van der Waals surface area contributed by atoms with Gasteiger partial charge >= 0.3 is 0 Å². The van der Waals surface area contributed by atoms with E-state index >= 15 is 0 Å². The summed E-state index contributed by atoms with van der Waals surface area (Å²) in [7, 11) is 0. The molecule has 0 fully saturated rings. The first-order valence-corrected chi connectivity index (χ1v) is 10.3. The predicted octanol–water partition coefficient (Wildman–Crippen LogP) is 4.74. The number of hydrogen-bond donors (Lipinski definition) is 1. The van der Waals surface area contributed by atoms with Crippen molar-refractivity contribution < 1.29 is 23.0 Å². The van der Waals surface area contributed by atoms with Gasteiger partial charge in [0.2, 0.25) is 0 Å². The van der Waals surface area contributed by atoms with E-state index in [1.165, 1.54) is 0 Å². The molecule has 0 spiro atoms. The Morgan fingerprint density at radius 1 is 0.938 bits per heavy atom. The molecule has 6 nitrogen and oxygen atoms in total. The molecule has 2 N–H and O–H groups in total. The molecule has 0 aliphatic rings. The van der Waals surface area contributed by atoms with E-state index in [-0.39, 0.29) is 12.4 Å². The molecule has 32 heavy (non-hydrogen) atoms. The third-order valence-corrected chi connectivity index (χ3v) is 5.17. The smallest absolute Gasteiger partial charge is 0.254 e. The standard InChI is InChI=1S/C23H17F2N3O3S/c24-17-10-11-18(21(25)20(17)22(26)29)31-13-19-27-23(28-32-19)15-6-8-16(9-7-15)30-12-14-4-2-1-3-5-14/h1-11H,12-13H2,(H2,26,29). The van der Waals surface area contributed by atoms with Crippen LogP contribution in [0, 0.1) is 11.6 Å². The van der Waals surface area contributed by atoms with Crippen LogP contribution in [0.15, 0.2) is 66.7 Å². The Morgan fingerprint density at radius 3 is 2.41 bits per heavy atom. The van der Waals surface area contributed by atoms with Crippen LogP contribution in [-0.2, 0) is 13.2 Å². The number of benzene rings is 3. The number of primary amides is 1. The summed E-state index contributed by atoms with van der Waals surface area (Å²) in [6, 6.07) is 19.2. The van der Waals surface area contributed by atoms with E-state index in [4.69, 9.17) is 15.2 Å². The van der Waals surface area contributed by atoms with Gasteiger partial charge in [-0.15, -0.1) is 0 Å². The van der Waals surface area contributed by atoms with Crippen LogP contribution in [0.3, 0.4) is 0 Å². The third kappa shape index (κ3) is 4.89. The van der Waals surface area contributed by atoms with Gasteiger partial charge in [-0.25, -0.2) is 13.8 Å². The number of ether oxygens (including phenoxy) is 2. The predicted molar refractivity (Wildman–Crippen MR) is 115 cm³/mol.